The summed E-state index contributed by atoms with van der Waals surface area (Å²) in [4.78, 5) is 0. The number of rotatable bonds is 5. The molecule has 0 radical (unpaired) electrons. The highest BCUT2D eigenvalue weighted by molar-refractivity contribution is 7.07. The van der Waals surface area contributed by atoms with E-state index in [-0.39, 0.29) is 23.6 Å². The summed E-state index contributed by atoms with van der Waals surface area (Å²) < 4.78 is 0. The van der Waals surface area contributed by atoms with E-state index in [0.29, 0.717) is 5.56 Å². The SMILES string of the molecule is CC(Cc1ccsc1)NC(C)c1c(O)cccc1O. The highest BCUT2D eigenvalue weighted by atomic mass is 32.1. The molecule has 3 N–H and O–H groups in total. The second-order valence-electron chi connectivity index (χ2n) is 4.84. The van der Waals surface area contributed by atoms with Crippen molar-refractivity contribution in [3.8, 4) is 11.5 Å². The van der Waals surface area contributed by atoms with E-state index in [1.165, 1.54) is 5.56 Å². The van der Waals surface area contributed by atoms with Crippen LogP contribution in [0.1, 0.15) is 31.0 Å². The van der Waals surface area contributed by atoms with Crippen LogP contribution < -0.4 is 5.32 Å². The lowest BCUT2D eigenvalue weighted by molar-refractivity contribution is 0.404. The van der Waals surface area contributed by atoms with Crippen molar-refractivity contribution in [1.82, 2.24) is 5.32 Å². The van der Waals surface area contributed by atoms with Gasteiger partial charge in [-0.3, -0.25) is 0 Å². The van der Waals surface area contributed by atoms with Crippen molar-refractivity contribution < 1.29 is 10.2 Å². The molecule has 1 aromatic heterocycles. The van der Waals surface area contributed by atoms with Gasteiger partial charge in [-0.05, 0) is 54.8 Å². The highest BCUT2D eigenvalue weighted by Crippen LogP contribution is 2.32. The zero-order valence-corrected chi connectivity index (χ0v) is 11.9. The minimum absolute atomic E-state index is 0.102. The van der Waals surface area contributed by atoms with E-state index in [9.17, 15) is 10.2 Å². The Balaban J connectivity index is 2.02. The van der Waals surface area contributed by atoms with E-state index in [1.54, 1.807) is 29.5 Å². The summed E-state index contributed by atoms with van der Waals surface area (Å²) >= 11 is 1.69. The Bertz CT molecular complexity index is 505. The van der Waals surface area contributed by atoms with Crippen LogP contribution in [0.5, 0.6) is 11.5 Å². The van der Waals surface area contributed by atoms with Crippen LogP contribution in [-0.2, 0) is 6.42 Å². The van der Waals surface area contributed by atoms with E-state index in [1.807, 2.05) is 6.92 Å². The molecule has 0 spiro atoms. The predicted molar refractivity (Wildman–Crippen MR) is 78.8 cm³/mol. The molecular weight excluding hydrogens is 258 g/mol. The van der Waals surface area contributed by atoms with Gasteiger partial charge >= 0.3 is 0 Å². The number of phenols is 2. The molecule has 1 heterocycles. The molecule has 0 saturated heterocycles. The number of hydrogen-bond donors (Lipinski definition) is 3. The van der Waals surface area contributed by atoms with Crippen LogP contribution in [0.2, 0.25) is 0 Å². The molecule has 102 valence electrons. The molecule has 19 heavy (non-hydrogen) atoms. The molecule has 0 saturated carbocycles. The average molecular weight is 277 g/mol. The Labute approximate surface area is 117 Å². The average Bonchev–Trinajstić information content (AvgIpc) is 2.81. The van der Waals surface area contributed by atoms with Gasteiger partial charge in [0.25, 0.3) is 0 Å². The van der Waals surface area contributed by atoms with Crippen molar-refractivity contribution in [2.45, 2.75) is 32.4 Å². The van der Waals surface area contributed by atoms with Crippen molar-refractivity contribution in [3.05, 3.63) is 46.2 Å². The lowest BCUT2D eigenvalue weighted by Gasteiger charge is -2.21. The van der Waals surface area contributed by atoms with Gasteiger partial charge in [-0.15, -0.1) is 0 Å². The fraction of sp³-hybridized carbons (Fsp3) is 0.333. The fourth-order valence-corrected chi connectivity index (χ4v) is 3.00. The Hall–Kier alpha value is -1.52. The lowest BCUT2D eigenvalue weighted by Crippen LogP contribution is -2.30. The molecule has 0 fully saturated rings. The second kappa shape index (κ2) is 6.08. The highest BCUT2D eigenvalue weighted by Gasteiger charge is 2.16. The summed E-state index contributed by atoms with van der Waals surface area (Å²) in [5, 5.41) is 27.3. The van der Waals surface area contributed by atoms with Gasteiger partial charge in [0.1, 0.15) is 11.5 Å². The molecule has 2 atom stereocenters. The minimum Gasteiger partial charge on any atom is -0.507 e. The molecule has 2 unspecified atom stereocenters. The first-order chi connectivity index (χ1) is 9.08. The normalized spacial score (nSPS) is 14.2. The predicted octanol–water partition coefficient (Wildman–Crippen LogP) is 3.44. The Morgan fingerprint density at radius 3 is 2.42 bits per heavy atom. The third kappa shape index (κ3) is 3.49. The standard InChI is InChI=1S/C15H19NO2S/c1-10(8-12-6-7-19-9-12)16-11(2)15-13(17)4-3-5-14(15)18/h3-7,9-11,16-18H,8H2,1-2H3. The summed E-state index contributed by atoms with van der Waals surface area (Å²) in [7, 11) is 0. The van der Waals surface area contributed by atoms with E-state index >= 15 is 0 Å². The quantitative estimate of drug-likeness (QED) is 0.784. The number of hydrogen-bond acceptors (Lipinski definition) is 4. The van der Waals surface area contributed by atoms with Gasteiger partial charge < -0.3 is 15.5 Å². The molecule has 1 aromatic carbocycles. The first kappa shape index (κ1) is 13.9. The third-order valence-electron chi connectivity index (χ3n) is 3.15. The molecule has 2 aromatic rings. The lowest BCUT2D eigenvalue weighted by atomic mass is 10.0. The summed E-state index contributed by atoms with van der Waals surface area (Å²) in [5.41, 5.74) is 1.86. The fourth-order valence-electron chi connectivity index (χ4n) is 2.32. The maximum absolute atomic E-state index is 9.83. The zero-order chi connectivity index (χ0) is 13.8. The van der Waals surface area contributed by atoms with E-state index in [0.717, 1.165) is 6.42 Å². The summed E-state index contributed by atoms with van der Waals surface area (Å²) in [6.07, 6.45) is 0.933. The van der Waals surface area contributed by atoms with Gasteiger partial charge in [0.2, 0.25) is 0 Å². The van der Waals surface area contributed by atoms with Crippen LogP contribution >= 0.6 is 11.3 Å². The summed E-state index contributed by atoms with van der Waals surface area (Å²) in [6, 6.07) is 7.10. The van der Waals surface area contributed by atoms with Gasteiger partial charge in [-0.25, -0.2) is 0 Å². The number of aromatic hydroxyl groups is 2. The summed E-state index contributed by atoms with van der Waals surface area (Å²) in [6.45, 7) is 4.05. The Morgan fingerprint density at radius 1 is 1.16 bits per heavy atom. The van der Waals surface area contributed by atoms with Crippen molar-refractivity contribution in [3.63, 3.8) is 0 Å². The monoisotopic (exact) mass is 277 g/mol. The van der Waals surface area contributed by atoms with Gasteiger partial charge in [0.15, 0.2) is 0 Å². The number of phenolic OH excluding ortho intramolecular Hbond substituents is 2. The molecule has 4 heteroatoms. The summed E-state index contributed by atoms with van der Waals surface area (Å²) in [5.74, 6) is 0.255. The van der Waals surface area contributed by atoms with Gasteiger partial charge in [-0.1, -0.05) is 6.07 Å². The van der Waals surface area contributed by atoms with E-state index in [4.69, 9.17) is 0 Å². The first-order valence-electron chi connectivity index (χ1n) is 6.36. The molecule has 2 rings (SSSR count). The minimum atomic E-state index is -0.102. The Kier molecular flexibility index (Phi) is 4.45. The van der Waals surface area contributed by atoms with Gasteiger partial charge in [-0.2, -0.15) is 11.3 Å². The molecule has 0 amide bonds. The van der Waals surface area contributed by atoms with Crippen LogP contribution in [0, 0.1) is 0 Å². The smallest absolute Gasteiger partial charge is 0.124 e. The van der Waals surface area contributed by atoms with Crippen LogP contribution in [0.15, 0.2) is 35.0 Å². The van der Waals surface area contributed by atoms with Crippen LogP contribution in [0.4, 0.5) is 0 Å². The van der Waals surface area contributed by atoms with Crippen molar-refractivity contribution in [2.75, 3.05) is 0 Å². The molecule has 3 nitrogen and oxygen atoms in total. The first-order valence-corrected chi connectivity index (χ1v) is 7.30. The van der Waals surface area contributed by atoms with Gasteiger partial charge in [0.05, 0.1) is 5.56 Å². The Morgan fingerprint density at radius 2 is 1.84 bits per heavy atom. The van der Waals surface area contributed by atoms with Crippen LogP contribution in [-0.4, -0.2) is 16.3 Å². The van der Waals surface area contributed by atoms with Crippen molar-refractivity contribution in [1.29, 1.82) is 0 Å². The molecule has 0 aliphatic rings. The number of nitrogens with one attached hydrogen (secondary N) is 1. The van der Waals surface area contributed by atoms with E-state index < -0.39 is 0 Å². The van der Waals surface area contributed by atoms with Crippen LogP contribution in [0.25, 0.3) is 0 Å². The molecule has 0 aliphatic heterocycles. The molecule has 0 bridgehead atoms. The molecule has 0 aliphatic carbocycles. The van der Waals surface area contributed by atoms with Crippen molar-refractivity contribution in [2.24, 2.45) is 0 Å². The van der Waals surface area contributed by atoms with Crippen molar-refractivity contribution >= 4 is 11.3 Å². The zero-order valence-electron chi connectivity index (χ0n) is 11.1. The van der Waals surface area contributed by atoms with E-state index in [2.05, 4.69) is 29.1 Å². The number of thiophene rings is 1. The second-order valence-corrected chi connectivity index (χ2v) is 5.62. The van der Waals surface area contributed by atoms with Gasteiger partial charge in [0, 0.05) is 12.1 Å². The largest absolute Gasteiger partial charge is 0.507 e. The molecular formula is C15H19NO2S. The third-order valence-corrected chi connectivity index (χ3v) is 3.88. The maximum Gasteiger partial charge on any atom is 0.124 e. The van der Waals surface area contributed by atoms with Crippen LogP contribution in [0.3, 0.4) is 0 Å². The maximum atomic E-state index is 9.83. The topological polar surface area (TPSA) is 52.5 Å². The number of benzene rings is 1.